The van der Waals surface area contributed by atoms with Gasteiger partial charge in [0.05, 0.1) is 27.0 Å². The highest BCUT2D eigenvalue weighted by Gasteiger charge is 2.20. The lowest BCUT2D eigenvalue weighted by Crippen LogP contribution is -2.02. The number of rotatable bonds is 3. The zero-order valence-electron chi connectivity index (χ0n) is 13.2. The topological polar surface area (TPSA) is 29.9 Å². The minimum absolute atomic E-state index is 0.0642. The van der Waals surface area contributed by atoms with E-state index in [4.69, 9.17) is 23.2 Å². The van der Waals surface area contributed by atoms with E-state index in [-0.39, 0.29) is 21.3 Å². The van der Waals surface area contributed by atoms with Gasteiger partial charge in [-0.05, 0) is 31.2 Å². The summed E-state index contributed by atoms with van der Waals surface area (Å²) in [7, 11) is 1.64. The molecule has 0 atom stereocenters. The molecule has 0 spiro atoms. The number of aryl methyl sites for hydroxylation is 2. The summed E-state index contributed by atoms with van der Waals surface area (Å²) in [6, 6.07) is 5.50. The Morgan fingerprint density at radius 1 is 1.00 bits per heavy atom. The van der Waals surface area contributed by atoms with Gasteiger partial charge in [0.2, 0.25) is 0 Å². The highest BCUT2D eigenvalue weighted by Crippen LogP contribution is 2.39. The fourth-order valence-electron chi connectivity index (χ4n) is 2.60. The lowest BCUT2D eigenvalue weighted by Gasteiger charge is -2.13. The van der Waals surface area contributed by atoms with E-state index >= 15 is 0 Å². The summed E-state index contributed by atoms with van der Waals surface area (Å²) in [6.45, 7) is 1.69. The van der Waals surface area contributed by atoms with Crippen molar-refractivity contribution in [2.75, 3.05) is 5.32 Å². The molecule has 0 saturated carbocycles. The summed E-state index contributed by atoms with van der Waals surface area (Å²) in [5.41, 5.74) is 1.38. The van der Waals surface area contributed by atoms with Crippen molar-refractivity contribution in [2.45, 2.75) is 6.92 Å². The molecule has 2 aromatic carbocycles. The van der Waals surface area contributed by atoms with E-state index in [9.17, 15) is 13.2 Å². The van der Waals surface area contributed by atoms with Gasteiger partial charge < -0.3 is 5.32 Å². The number of nitrogens with one attached hydrogen (secondary N) is 1. The van der Waals surface area contributed by atoms with Crippen LogP contribution in [0.5, 0.6) is 0 Å². The van der Waals surface area contributed by atoms with Crippen LogP contribution < -0.4 is 5.32 Å². The van der Waals surface area contributed by atoms with Crippen LogP contribution in [-0.4, -0.2) is 9.78 Å². The van der Waals surface area contributed by atoms with Crippen LogP contribution in [0.4, 0.5) is 24.7 Å². The van der Waals surface area contributed by atoms with Gasteiger partial charge in [-0.2, -0.15) is 5.10 Å². The normalized spacial score (nSPS) is 11.0. The monoisotopic (exact) mass is 385 g/mol. The van der Waals surface area contributed by atoms with Gasteiger partial charge in [-0.15, -0.1) is 0 Å². The second kappa shape index (κ2) is 6.61. The van der Waals surface area contributed by atoms with Crippen LogP contribution >= 0.6 is 23.2 Å². The first-order chi connectivity index (χ1) is 11.8. The van der Waals surface area contributed by atoms with Crippen molar-refractivity contribution in [3.63, 3.8) is 0 Å². The quantitative estimate of drug-likeness (QED) is 0.611. The Bertz CT molecular complexity index is 947. The molecule has 25 heavy (non-hydrogen) atoms. The third-order valence-electron chi connectivity index (χ3n) is 3.67. The number of nitrogens with zero attached hydrogens (tertiary/aromatic N) is 2. The molecule has 1 N–H and O–H groups in total. The number of anilines is 2. The number of benzene rings is 2. The molecule has 1 aromatic heterocycles. The minimum Gasteiger partial charge on any atom is -0.337 e. The van der Waals surface area contributed by atoms with E-state index in [1.807, 2.05) is 0 Å². The second-order valence-corrected chi connectivity index (χ2v) is 6.24. The SMILES string of the molecule is Cc1nn(C)c(Nc2c(Cl)cc(F)cc2Cl)c1-c1ccc(F)cc1F. The molecule has 0 amide bonds. The van der Waals surface area contributed by atoms with Gasteiger partial charge in [0.25, 0.3) is 0 Å². The third kappa shape index (κ3) is 3.32. The highest BCUT2D eigenvalue weighted by atomic mass is 35.5. The summed E-state index contributed by atoms with van der Waals surface area (Å²) >= 11 is 12.1. The molecule has 0 radical (unpaired) electrons. The van der Waals surface area contributed by atoms with Crippen LogP contribution in [-0.2, 0) is 7.05 Å². The van der Waals surface area contributed by atoms with E-state index in [0.717, 1.165) is 24.3 Å². The first kappa shape index (κ1) is 17.6. The molecule has 0 saturated heterocycles. The Morgan fingerprint density at radius 2 is 1.64 bits per heavy atom. The Morgan fingerprint density at radius 3 is 2.24 bits per heavy atom. The number of hydrogen-bond acceptors (Lipinski definition) is 2. The smallest absolute Gasteiger partial charge is 0.136 e. The molecule has 3 aromatic rings. The van der Waals surface area contributed by atoms with Crippen LogP contribution in [0, 0.1) is 24.4 Å². The van der Waals surface area contributed by atoms with Crippen molar-refractivity contribution in [2.24, 2.45) is 7.05 Å². The zero-order chi connectivity index (χ0) is 18.3. The predicted molar refractivity (Wildman–Crippen MR) is 93.0 cm³/mol. The highest BCUT2D eigenvalue weighted by molar-refractivity contribution is 6.39. The Kier molecular flexibility index (Phi) is 4.67. The molecule has 0 aliphatic carbocycles. The molecule has 130 valence electrons. The molecule has 0 aliphatic rings. The van der Waals surface area contributed by atoms with E-state index in [2.05, 4.69) is 10.4 Å². The predicted octanol–water partition coefficient (Wildman–Crippen LogP) is 5.86. The molecule has 8 heteroatoms. The van der Waals surface area contributed by atoms with Crippen molar-refractivity contribution in [1.29, 1.82) is 0 Å². The van der Waals surface area contributed by atoms with Gasteiger partial charge in [-0.25, -0.2) is 13.2 Å². The lowest BCUT2D eigenvalue weighted by atomic mass is 10.0. The van der Waals surface area contributed by atoms with Crippen molar-refractivity contribution >= 4 is 34.7 Å². The fraction of sp³-hybridized carbons (Fsp3) is 0.118. The van der Waals surface area contributed by atoms with E-state index in [1.54, 1.807) is 14.0 Å². The Balaban J connectivity index is 2.16. The van der Waals surface area contributed by atoms with Crippen molar-refractivity contribution in [1.82, 2.24) is 9.78 Å². The molecular formula is C17H12Cl2F3N3. The molecule has 0 aliphatic heterocycles. The van der Waals surface area contributed by atoms with E-state index in [1.165, 1.54) is 10.7 Å². The van der Waals surface area contributed by atoms with E-state index < -0.39 is 17.5 Å². The second-order valence-electron chi connectivity index (χ2n) is 5.43. The number of aromatic nitrogens is 2. The van der Waals surface area contributed by atoms with Gasteiger partial charge in [-0.1, -0.05) is 23.2 Å². The minimum atomic E-state index is -0.726. The van der Waals surface area contributed by atoms with Crippen LogP contribution in [0.25, 0.3) is 11.1 Å². The molecule has 3 nitrogen and oxygen atoms in total. The molecule has 0 unspecified atom stereocenters. The summed E-state index contributed by atoms with van der Waals surface area (Å²) in [6.07, 6.45) is 0. The van der Waals surface area contributed by atoms with Crippen LogP contribution in [0.15, 0.2) is 30.3 Å². The van der Waals surface area contributed by atoms with Gasteiger partial charge in [0, 0.05) is 18.7 Å². The van der Waals surface area contributed by atoms with Crippen LogP contribution in [0.3, 0.4) is 0 Å². The van der Waals surface area contributed by atoms with Gasteiger partial charge >= 0.3 is 0 Å². The van der Waals surface area contributed by atoms with Gasteiger partial charge in [0.15, 0.2) is 0 Å². The van der Waals surface area contributed by atoms with Crippen LogP contribution in [0.1, 0.15) is 5.69 Å². The standard InChI is InChI=1S/C17H12Cl2F3N3/c1-8-15(11-4-3-9(20)7-14(11)22)17(25(2)24-8)23-16-12(18)5-10(21)6-13(16)19/h3-7,23H,1-2H3. The van der Waals surface area contributed by atoms with Crippen molar-refractivity contribution < 1.29 is 13.2 Å². The molecule has 1 heterocycles. The Hall–Kier alpha value is -2.18. The van der Waals surface area contributed by atoms with E-state index in [0.29, 0.717) is 17.1 Å². The maximum Gasteiger partial charge on any atom is 0.136 e. The maximum absolute atomic E-state index is 14.2. The molecular weight excluding hydrogens is 374 g/mol. The fourth-order valence-corrected chi connectivity index (χ4v) is 3.15. The molecule has 0 fully saturated rings. The third-order valence-corrected chi connectivity index (χ3v) is 4.27. The zero-order valence-corrected chi connectivity index (χ0v) is 14.7. The lowest BCUT2D eigenvalue weighted by molar-refractivity contribution is 0.585. The van der Waals surface area contributed by atoms with Gasteiger partial charge in [-0.3, -0.25) is 4.68 Å². The molecule has 3 rings (SSSR count). The van der Waals surface area contributed by atoms with Crippen molar-refractivity contribution in [3.05, 3.63) is 63.5 Å². The number of halogens is 5. The number of hydrogen-bond donors (Lipinski definition) is 1. The summed E-state index contributed by atoms with van der Waals surface area (Å²) < 4.78 is 42.3. The summed E-state index contributed by atoms with van der Waals surface area (Å²) in [5.74, 6) is -1.60. The molecule has 0 bridgehead atoms. The summed E-state index contributed by atoms with van der Waals surface area (Å²) in [5, 5.41) is 7.36. The Labute approximate surface area is 152 Å². The average Bonchev–Trinajstić information content (AvgIpc) is 2.77. The largest absolute Gasteiger partial charge is 0.337 e. The summed E-state index contributed by atoms with van der Waals surface area (Å²) in [4.78, 5) is 0. The first-order valence-corrected chi connectivity index (χ1v) is 7.94. The average molecular weight is 386 g/mol. The first-order valence-electron chi connectivity index (χ1n) is 7.18. The van der Waals surface area contributed by atoms with Gasteiger partial charge in [0.1, 0.15) is 23.3 Å². The van der Waals surface area contributed by atoms with Crippen molar-refractivity contribution in [3.8, 4) is 11.1 Å². The van der Waals surface area contributed by atoms with Crippen LogP contribution in [0.2, 0.25) is 10.0 Å². The maximum atomic E-state index is 14.2.